The van der Waals surface area contributed by atoms with Gasteiger partial charge in [-0.05, 0) is 29.8 Å². The molecule has 0 fully saturated rings. The number of fused-ring (bicyclic) bond motifs is 1. The number of para-hydroxylation sites is 2. The fourth-order valence-electron chi connectivity index (χ4n) is 2.38. The minimum atomic E-state index is 0.279. The van der Waals surface area contributed by atoms with E-state index in [0.29, 0.717) is 6.54 Å². The van der Waals surface area contributed by atoms with E-state index in [9.17, 15) is 0 Å². The van der Waals surface area contributed by atoms with Crippen molar-refractivity contribution in [2.45, 2.75) is 13.0 Å². The Morgan fingerprint density at radius 2 is 2.00 bits per heavy atom. The molecular formula is C16H14N4. The second-order valence-corrected chi connectivity index (χ2v) is 4.56. The summed E-state index contributed by atoms with van der Waals surface area (Å²) in [5.74, 6) is 0.753. The van der Waals surface area contributed by atoms with Crippen molar-refractivity contribution in [3.8, 4) is 11.8 Å². The zero-order valence-corrected chi connectivity index (χ0v) is 11.0. The number of rotatable bonds is 3. The van der Waals surface area contributed by atoms with E-state index in [-0.39, 0.29) is 6.42 Å². The van der Waals surface area contributed by atoms with Crippen molar-refractivity contribution in [1.29, 1.82) is 5.26 Å². The third-order valence-electron chi connectivity index (χ3n) is 3.27. The number of nitrogens with zero attached hydrogens (tertiary/aromatic N) is 3. The Balaban J connectivity index is 2.27. The Morgan fingerprint density at radius 3 is 2.80 bits per heavy atom. The van der Waals surface area contributed by atoms with Gasteiger partial charge in [0.05, 0.1) is 23.5 Å². The van der Waals surface area contributed by atoms with Gasteiger partial charge in [0.15, 0.2) is 0 Å². The number of hydrogen-bond acceptors (Lipinski definition) is 3. The zero-order valence-electron chi connectivity index (χ0n) is 11.0. The number of benzene rings is 2. The smallest absolute Gasteiger partial charge is 0.128 e. The van der Waals surface area contributed by atoms with Gasteiger partial charge in [-0.2, -0.15) is 5.26 Å². The molecule has 0 aliphatic heterocycles. The van der Waals surface area contributed by atoms with Crippen LogP contribution >= 0.6 is 0 Å². The van der Waals surface area contributed by atoms with Gasteiger partial charge in [0.1, 0.15) is 5.82 Å². The summed E-state index contributed by atoms with van der Waals surface area (Å²) >= 11 is 0. The molecule has 0 bridgehead atoms. The number of imidazole rings is 1. The van der Waals surface area contributed by atoms with Gasteiger partial charge >= 0.3 is 0 Å². The Bertz CT molecular complexity index is 796. The van der Waals surface area contributed by atoms with Crippen molar-refractivity contribution in [2.24, 2.45) is 5.73 Å². The monoisotopic (exact) mass is 262 g/mol. The van der Waals surface area contributed by atoms with Gasteiger partial charge in [-0.3, -0.25) is 4.57 Å². The molecule has 0 amide bonds. The van der Waals surface area contributed by atoms with Crippen molar-refractivity contribution >= 4 is 11.0 Å². The number of hydrogen-bond donors (Lipinski definition) is 1. The molecule has 3 rings (SSSR count). The van der Waals surface area contributed by atoms with Gasteiger partial charge in [-0.15, -0.1) is 0 Å². The first-order valence-electron chi connectivity index (χ1n) is 6.46. The Hall–Kier alpha value is -2.64. The summed E-state index contributed by atoms with van der Waals surface area (Å²) < 4.78 is 2.03. The summed E-state index contributed by atoms with van der Waals surface area (Å²) in [6.45, 7) is 0.494. The van der Waals surface area contributed by atoms with Crippen LogP contribution in [0, 0.1) is 11.3 Å². The molecule has 20 heavy (non-hydrogen) atoms. The van der Waals surface area contributed by atoms with Gasteiger partial charge in [0.2, 0.25) is 0 Å². The van der Waals surface area contributed by atoms with Crippen LogP contribution in [0.2, 0.25) is 0 Å². The SMILES string of the molecule is N#CCc1nc2ccccc2n1-c1cccc(CN)c1. The Morgan fingerprint density at radius 1 is 1.15 bits per heavy atom. The quantitative estimate of drug-likeness (QED) is 0.788. The van der Waals surface area contributed by atoms with Crippen LogP contribution in [-0.4, -0.2) is 9.55 Å². The molecule has 0 atom stereocenters. The molecule has 4 heteroatoms. The molecule has 0 saturated heterocycles. The molecule has 4 nitrogen and oxygen atoms in total. The maximum Gasteiger partial charge on any atom is 0.128 e. The van der Waals surface area contributed by atoms with Crippen LogP contribution in [-0.2, 0) is 13.0 Å². The lowest BCUT2D eigenvalue weighted by Crippen LogP contribution is -2.03. The minimum Gasteiger partial charge on any atom is -0.326 e. The van der Waals surface area contributed by atoms with Crippen molar-refractivity contribution in [1.82, 2.24) is 9.55 Å². The molecule has 1 heterocycles. The largest absolute Gasteiger partial charge is 0.326 e. The van der Waals surface area contributed by atoms with E-state index in [1.165, 1.54) is 0 Å². The normalized spacial score (nSPS) is 10.6. The second-order valence-electron chi connectivity index (χ2n) is 4.56. The molecule has 0 aliphatic rings. The summed E-state index contributed by atoms with van der Waals surface area (Å²) in [4.78, 5) is 4.54. The molecule has 3 aromatic rings. The fraction of sp³-hybridized carbons (Fsp3) is 0.125. The molecular weight excluding hydrogens is 248 g/mol. The number of aromatic nitrogens is 2. The van der Waals surface area contributed by atoms with Crippen LogP contribution in [0.3, 0.4) is 0 Å². The van der Waals surface area contributed by atoms with Gasteiger partial charge in [-0.1, -0.05) is 24.3 Å². The van der Waals surface area contributed by atoms with Crippen molar-refractivity contribution < 1.29 is 0 Å². The molecule has 2 aromatic carbocycles. The van der Waals surface area contributed by atoms with Crippen LogP contribution in [0.4, 0.5) is 0 Å². The van der Waals surface area contributed by atoms with Crippen molar-refractivity contribution in [2.75, 3.05) is 0 Å². The van der Waals surface area contributed by atoms with E-state index in [1.807, 2.05) is 53.1 Å². The third kappa shape index (κ3) is 2.04. The first-order valence-corrected chi connectivity index (χ1v) is 6.46. The summed E-state index contributed by atoms with van der Waals surface area (Å²) in [6, 6.07) is 18.1. The molecule has 1 aromatic heterocycles. The topological polar surface area (TPSA) is 67.6 Å². The molecule has 0 unspecified atom stereocenters. The summed E-state index contributed by atoms with van der Waals surface area (Å²) in [5.41, 5.74) is 9.66. The molecule has 0 spiro atoms. The van der Waals surface area contributed by atoms with Crippen LogP contribution in [0.25, 0.3) is 16.7 Å². The van der Waals surface area contributed by atoms with E-state index in [2.05, 4.69) is 11.1 Å². The number of nitrogens with two attached hydrogens (primary N) is 1. The Kier molecular flexibility index (Phi) is 3.20. The lowest BCUT2D eigenvalue weighted by atomic mass is 10.2. The van der Waals surface area contributed by atoms with Gasteiger partial charge in [0, 0.05) is 12.2 Å². The first-order chi connectivity index (χ1) is 9.83. The van der Waals surface area contributed by atoms with E-state index in [0.717, 1.165) is 28.1 Å². The molecule has 2 N–H and O–H groups in total. The highest BCUT2D eigenvalue weighted by atomic mass is 15.1. The van der Waals surface area contributed by atoms with E-state index >= 15 is 0 Å². The van der Waals surface area contributed by atoms with Crippen LogP contribution < -0.4 is 5.73 Å². The average Bonchev–Trinajstić information content (AvgIpc) is 2.85. The lowest BCUT2D eigenvalue weighted by molar-refractivity contribution is 0.948. The lowest BCUT2D eigenvalue weighted by Gasteiger charge is -2.09. The molecule has 0 saturated carbocycles. The van der Waals surface area contributed by atoms with E-state index in [1.54, 1.807) is 0 Å². The summed E-state index contributed by atoms with van der Waals surface area (Å²) in [5, 5.41) is 8.99. The van der Waals surface area contributed by atoms with Gasteiger partial charge in [-0.25, -0.2) is 4.98 Å². The predicted molar refractivity (Wildman–Crippen MR) is 78.3 cm³/mol. The van der Waals surface area contributed by atoms with Gasteiger partial charge < -0.3 is 5.73 Å². The highest BCUT2D eigenvalue weighted by Gasteiger charge is 2.11. The summed E-state index contributed by atoms with van der Waals surface area (Å²) in [7, 11) is 0. The standard InChI is InChI=1S/C16H14N4/c17-9-8-16-19-14-6-1-2-7-15(14)20(16)13-5-3-4-12(10-13)11-18/h1-7,10H,8,11,18H2. The first kappa shape index (κ1) is 12.4. The second kappa shape index (κ2) is 5.16. The highest BCUT2D eigenvalue weighted by molar-refractivity contribution is 5.78. The van der Waals surface area contributed by atoms with Gasteiger partial charge in [0.25, 0.3) is 0 Å². The minimum absolute atomic E-state index is 0.279. The molecule has 0 aliphatic carbocycles. The van der Waals surface area contributed by atoms with E-state index < -0.39 is 0 Å². The maximum atomic E-state index is 8.99. The number of nitriles is 1. The fourth-order valence-corrected chi connectivity index (χ4v) is 2.38. The predicted octanol–water partition coefficient (Wildman–Crippen LogP) is 2.55. The molecule has 98 valence electrons. The third-order valence-corrected chi connectivity index (χ3v) is 3.27. The van der Waals surface area contributed by atoms with Crippen LogP contribution in [0.15, 0.2) is 48.5 Å². The average molecular weight is 262 g/mol. The van der Waals surface area contributed by atoms with Crippen molar-refractivity contribution in [3.63, 3.8) is 0 Å². The Labute approximate surface area is 117 Å². The summed E-state index contributed by atoms with van der Waals surface area (Å²) in [6.07, 6.45) is 0.279. The van der Waals surface area contributed by atoms with Crippen LogP contribution in [0.5, 0.6) is 0 Å². The van der Waals surface area contributed by atoms with Crippen molar-refractivity contribution in [3.05, 3.63) is 59.9 Å². The van der Waals surface area contributed by atoms with Crippen LogP contribution in [0.1, 0.15) is 11.4 Å². The zero-order chi connectivity index (χ0) is 13.9. The molecule has 0 radical (unpaired) electrons. The highest BCUT2D eigenvalue weighted by Crippen LogP contribution is 2.22. The maximum absolute atomic E-state index is 8.99. The van der Waals surface area contributed by atoms with E-state index in [4.69, 9.17) is 11.0 Å².